The number of hydrogen-bond acceptors (Lipinski definition) is 3. The second-order valence-electron chi connectivity index (χ2n) is 5.81. The molecule has 5 nitrogen and oxygen atoms in total. The summed E-state index contributed by atoms with van der Waals surface area (Å²) in [5.41, 5.74) is 3.00. The Bertz CT molecular complexity index is 741. The first kappa shape index (κ1) is 17.5. The molecule has 2 rings (SSSR count). The molecule has 0 unspecified atom stereocenters. The molecule has 0 spiro atoms. The fraction of sp³-hybridized carbons (Fsp3) is 0.263. The highest BCUT2D eigenvalue weighted by atomic mass is 16.5. The van der Waals surface area contributed by atoms with E-state index in [1.54, 1.807) is 36.2 Å². The van der Waals surface area contributed by atoms with Gasteiger partial charge >= 0.3 is 6.09 Å². The maximum Gasteiger partial charge on any atom is 0.411 e. The third-order valence-electron chi connectivity index (χ3n) is 3.77. The Morgan fingerprint density at radius 1 is 1.08 bits per heavy atom. The van der Waals surface area contributed by atoms with Gasteiger partial charge in [-0.15, -0.1) is 0 Å². The lowest BCUT2D eigenvalue weighted by Crippen LogP contribution is -2.26. The number of nitrogens with one attached hydrogen (secondary N) is 1. The number of anilines is 2. The lowest BCUT2D eigenvalue weighted by molar-refractivity contribution is 0.0993. The second-order valence-corrected chi connectivity index (χ2v) is 5.81. The highest BCUT2D eigenvalue weighted by Gasteiger charge is 2.15. The predicted molar refractivity (Wildman–Crippen MR) is 95.7 cm³/mol. The molecule has 2 aromatic rings. The molecule has 0 saturated heterocycles. The van der Waals surface area contributed by atoms with E-state index in [-0.39, 0.29) is 5.91 Å². The van der Waals surface area contributed by atoms with Crippen LogP contribution in [0.3, 0.4) is 0 Å². The summed E-state index contributed by atoms with van der Waals surface area (Å²) in [6.45, 7) is 4.23. The highest BCUT2D eigenvalue weighted by molar-refractivity contribution is 6.06. The van der Waals surface area contributed by atoms with Crippen molar-refractivity contribution in [2.24, 2.45) is 0 Å². The smallest absolute Gasteiger partial charge is 0.411 e. The average molecular weight is 326 g/mol. The Labute approximate surface area is 142 Å². The molecule has 0 saturated carbocycles. The Morgan fingerprint density at radius 2 is 1.79 bits per heavy atom. The van der Waals surface area contributed by atoms with Crippen LogP contribution in [-0.2, 0) is 4.74 Å². The van der Waals surface area contributed by atoms with E-state index in [0.717, 1.165) is 5.69 Å². The Kier molecular flexibility index (Phi) is 5.58. The summed E-state index contributed by atoms with van der Waals surface area (Å²) in [4.78, 5) is 25.6. The molecule has 0 aliphatic rings. The number of rotatable bonds is 4. The van der Waals surface area contributed by atoms with E-state index in [1.807, 2.05) is 24.3 Å². The van der Waals surface area contributed by atoms with Gasteiger partial charge in [0.1, 0.15) is 0 Å². The lowest BCUT2D eigenvalue weighted by atomic mass is 10.0. The Hall–Kier alpha value is -2.82. The van der Waals surface area contributed by atoms with Crippen LogP contribution < -0.4 is 10.2 Å². The molecule has 0 fully saturated rings. The average Bonchev–Trinajstić information content (AvgIpc) is 2.60. The van der Waals surface area contributed by atoms with Crippen LogP contribution in [0.25, 0.3) is 0 Å². The van der Waals surface area contributed by atoms with Gasteiger partial charge in [0.25, 0.3) is 5.91 Å². The van der Waals surface area contributed by atoms with Crippen molar-refractivity contribution in [2.45, 2.75) is 19.8 Å². The van der Waals surface area contributed by atoms with Crippen LogP contribution in [0.4, 0.5) is 16.2 Å². The van der Waals surface area contributed by atoms with Gasteiger partial charge in [-0.05, 0) is 41.8 Å². The molecular formula is C19H22N2O3. The molecule has 1 N–H and O–H groups in total. The van der Waals surface area contributed by atoms with Gasteiger partial charge < -0.3 is 9.64 Å². The zero-order chi connectivity index (χ0) is 17.7. The van der Waals surface area contributed by atoms with Gasteiger partial charge in [-0.2, -0.15) is 0 Å². The van der Waals surface area contributed by atoms with Gasteiger partial charge in [0.15, 0.2) is 0 Å². The molecule has 0 radical (unpaired) electrons. The fourth-order valence-electron chi connectivity index (χ4n) is 2.30. The fourth-order valence-corrected chi connectivity index (χ4v) is 2.30. The quantitative estimate of drug-likeness (QED) is 0.913. The molecule has 2 amide bonds. The highest BCUT2D eigenvalue weighted by Crippen LogP contribution is 2.22. The minimum absolute atomic E-state index is 0.149. The van der Waals surface area contributed by atoms with Crippen molar-refractivity contribution in [3.8, 4) is 0 Å². The summed E-state index contributed by atoms with van der Waals surface area (Å²) >= 11 is 0. The number of amides is 2. The Morgan fingerprint density at radius 3 is 2.46 bits per heavy atom. The molecular weight excluding hydrogens is 304 g/mol. The van der Waals surface area contributed by atoms with Crippen molar-refractivity contribution in [1.82, 2.24) is 0 Å². The van der Waals surface area contributed by atoms with Gasteiger partial charge in [-0.3, -0.25) is 10.1 Å². The summed E-state index contributed by atoms with van der Waals surface area (Å²) in [6, 6.07) is 14.7. The summed E-state index contributed by atoms with van der Waals surface area (Å²) in [5.74, 6) is 0.241. The largest absolute Gasteiger partial charge is 0.453 e. The number of nitrogens with zero attached hydrogens (tertiary/aromatic N) is 1. The summed E-state index contributed by atoms with van der Waals surface area (Å²) in [7, 11) is 3.03. The van der Waals surface area contributed by atoms with Crippen LogP contribution in [0.15, 0.2) is 48.5 Å². The zero-order valence-electron chi connectivity index (χ0n) is 14.4. The second kappa shape index (κ2) is 7.64. The minimum atomic E-state index is -0.572. The summed E-state index contributed by atoms with van der Waals surface area (Å²) in [5, 5.41) is 2.56. The van der Waals surface area contributed by atoms with E-state index < -0.39 is 6.09 Å². The Balaban J connectivity index is 2.23. The van der Waals surface area contributed by atoms with Gasteiger partial charge in [0, 0.05) is 24.0 Å². The number of ether oxygens (including phenoxy) is 1. The van der Waals surface area contributed by atoms with E-state index in [9.17, 15) is 9.59 Å². The number of benzene rings is 2. The van der Waals surface area contributed by atoms with Crippen molar-refractivity contribution < 1.29 is 14.3 Å². The molecule has 0 heterocycles. The van der Waals surface area contributed by atoms with Crippen LogP contribution in [0, 0.1) is 0 Å². The molecule has 0 aliphatic heterocycles. The van der Waals surface area contributed by atoms with E-state index in [2.05, 4.69) is 23.9 Å². The van der Waals surface area contributed by atoms with Crippen molar-refractivity contribution in [1.29, 1.82) is 0 Å². The first-order valence-electron chi connectivity index (χ1n) is 7.75. The topological polar surface area (TPSA) is 58.6 Å². The van der Waals surface area contributed by atoms with Gasteiger partial charge in [0.2, 0.25) is 0 Å². The third kappa shape index (κ3) is 4.13. The van der Waals surface area contributed by atoms with Crippen LogP contribution in [0.5, 0.6) is 0 Å². The van der Waals surface area contributed by atoms with Gasteiger partial charge in [0.05, 0.1) is 7.11 Å². The van der Waals surface area contributed by atoms with Crippen LogP contribution in [0.1, 0.15) is 35.7 Å². The number of carbonyl (C=O) groups excluding carboxylic acids is 2. The van der Waals surface area contributed by atoms with Crippen molar-refractivity contribution in [3.63, 3.8) is 0 Å². The maximum atomic E-state index is 12.7. The first-order chi connectivity index (χ1) is 11.4. The van der Waals surface area contributed by atoms with E-state index in [1.165, 1.54) is 12.7 Å². The lowest BCUT2D eigenvalue weighted by Gasteiger charge is -2.19. The van der Waals surface area contributed by atoms with Crippen LogP contribution in [-0.4, -0.2) is 26.2 Å². The number of carbonyl (C=O) groups is 2. The van der Waals surface area contributed by atoms with Crippen molar-refractivity contribution >= 4 is 23.4 Å². The third-order valence-corrected chi connectivity index (χ3v) is 3.77. The molecule has 2 aromatic carbocycles. The summed E-state index contributed by atoms with van der Waals surface area (Å²) < 4.78 is 4.56. The molecule has 24 heavy (non-hydrogen) atoms. The molecule has 5 heteroatoms. The van der Waals surface area contributed by atoms with E-state index in [4.69, 9.17) is 0 Å². The zero-order valence-corrected chi connectivity index (χ0v) is 14.4. The van der Waals surface area contributed by atoms with Crippen molar-refractivity contribution in [3.05, 3.63) is 59.7 Å². The SMILES string of the molecule is COC(=O)Nc1cccc(C(=O)N(C)c2cccc(C(C)C)c2)c1. The molecule has 0 aliphatic carbocycles. The van der Waals surface area contributed by atoms with E-state index >= 15 is 0 Å². The van der Waals surface area contributed by atoms with Crippen LogP contribution in [0.2, 0.25) is 0 Å². The molecule has 0 aromatic heterocycles. The van der Waals surface area contributed by atoms with Gasteiger partial charge in [-0.1, -0.05) is 32.0 Å². The van der Waals surface area contributed by atoms with Gasteiger partial charge in [-0.25, -0.2) is 4.79 Å². The maximum absolute atomic E-state index is 12.7. The number of methoxy groups -OCH3 is 1. The minimum Gasteiger partial charge on any atom is -0.453 e. The van der Waals surface area contributed by atoms with Crippen LogP contribution >= 0.6 is 0 Å². The molecule has 126 valence electrons. The molecule has 0 atom stereocenters. The predicted octanol–water partition coefficient (Wildman–Crippen LogP) is 4.26. The van der Waals surface area contributed by atoms with E-state index in [0.29, 0.717) is 17.2 Å². The normalized spacial score (nSPS) is 10.4. The molecule has 0 bridgehead atoms. The monoisotopic (exact) mass is 326 g/mol. The van der Waals surface area contributed by atoms with Crippen molar-refractivity contribution in [2.75, 3.05) is 24.4 Å². The first-order valence-corrected chi connectivity index (χ1v) is 7.75. The standard InChI is InChI=1S/C19H22N2O3/c1-13(2)14-7-6-10-17(12-14)21(3)18(22)15-8-5-9-16(11-15)20-19(23)24-4/h5-13H,1-4H3,(H,20,23). The summed E-state index contributed by atoms with van der Waals surface area (Å²) in [6.07, 6.45) is -0.572. The number of hydrogen-bond donors (Lipinski definition) is 1.